The molecule has 6 heteroatoms. The third kappa shape index (κ3) is 6.67. The molecule has 5 aromatic heterocycles. The molecule has 0 amide bonds. The van der Waals surface area contributed by atoms with E-state index in [0.29, 0.717) is 5.82 Å². The third-order valence-electron chi connectivity index (χ3n) is 15.3. The van der Waals surface area contributed by atoms with Gasteiger partial charge in [-0.15, -0.1) is 0 Å². The maximum absolute atomic E-state index is 6.24. The van der Waals surface area contributed by atoms with Crippen LogP contribution in [0.4, 0.5) is 0 Å². The molecule has 16 aromatic rings. The maximum atomic E-state index is 6.24. The van der Waals surface area contributed by atoms with E-state index < -0.39 is 0 Å². The summed E-state index contributed by atoms with van der Waals surface area (Å²) < 4.78 is 17.3. The molecule has 0 aliphatic heterocycles. The van der Waals surface area contributed by atoms with Gasteiger partial charge >= 0.3 is 0 Å². The van der Waals surface area contributed by atoms with Crippen molar-refractivity contribution in [1.29, 1.82) is 0 Å². The molecular formula is C70H42N4O2. The fourth-order valence-corrected chi connectivity index (χ4v) is 11.7. The lowest BCUT2D eigenvalue weighted by molar-refractivity contribution is 0.668. The Labute approximate surface area is 435 Å². The Hall–Kier alpha value is -10.3. The molecule has 0 bridgehead atoms. The first-order valence-corrected chi connectivity index (χ1v) is 25.7. The van der Waals surface area contributed by atoms with Gasteiger partial charge in [0.25, 0.3) is 0 Å². The van der Waals surface area contributed by atoms with Crippen molar-refractivity contribution >= 4 is 87.5 Å². The number of fused-ring (bicyclic) bond motifs is 12. The van der Waals surface area contributed by atoms with Crippen LogP contribution >= 0.6 is 0 Å². The quantitative estimate of drug-likeness (QED) is 0.160. The van der Waals surface area contributed by atoms with E-state index in [0.717, 1.165) is 128 Å². The molecule has 0 saturated carbocycles. The van der Waals surface area contributed by atoms with Gasteiger partial charge in [0.1, 0.15) is 22.3 Å². The number of nitrogens with zero attached hydrogens (tertiary/aromatic N) is 4. The second-order valence-electron chi connectivity index (χ2n) is 19.7. The predicted molar refractivity (Wildman–Crippen MR) is 312 cm³/mol. The SMILES string of the molecule is c1ccc(-c2cc(-c3cc(-n4c5ccccc5c5cc(-c6ccc7oc8ccccc8c7c6)ccc54)cc(-n4c5ccccc5c5cc(-c6ccc7oc8ccccc8c7c6)ccc54)c3)nc(-c3ccccc3)n2)cc1. The van der Waals surface area contributed by atoms with E-state index in [1.807, 2.05) is 48.5 Å². The summed E-state index contributed by atoms with van der Waals surface area (Å²) >= 11 is 0. The molecule has 0 aliphatic rings. The van der Waals surface area contributed by atoms with Crippen LogP contribution in [0.5, 0.6) is 0 Å². The van der Waals surface area contributed by atoms with Crippen molar-refractivity contribution in [2.24, 2.45) is 0 Å². The Balaban J connectivity index is 0.931. The molecule has 0 saturated heterocycles. The monoisotopic (exact) mass is 970 g/mol. The zero-order chi connectivity index (χ0) is 49.8. The lowest BCUT2D eigenvalue weighted by Crippen LogP contribution is -2.01. The van der Waals surface area contributed by atoms with Crippen molar-refractivity contribution in [3.63, 3.8) is 0 Å². The highest BCUT2D eigenvalue weighted by atomic mass is 16.3. The van der Waals surface area contributed by atoms with E-state index in [1.54, 1.807) is 0 Å². The zero-order valence-electron chi connectivity index (χ0n) is 40.9. The summed E-state index contributed by atoms with van der Waals surface area (Å²) in [5.74, 6) is 0.668. The average molecular weight is 971 g/mol. The molecule has 354 valence electrons. The minimum absolute atomic E-state index is 0.668. The van der Waals surface area contributed by atoms with Crippen LogP contribution in [0.2, 0.25) is 0 Å². The third-order valence-corrected chi connectivity index (χ3v) is 15.3. The van der Waals surface area contributed by atoms with E-state index in [4.69, 9.17) is 18.8 Å². The van der Waals surface area contributed by atoms with E-state index in [2.05, 4.69) is 215 Å². The van der Waals surface area contributed by atoms with Gasteiger partial charge in [-0.05, 0) is 119 Å². The van der Waals surface area contributed by atoms with Crippen LogP contribution in [-0.2, 0) is 0 Å². The predicted octanol–water partition coefficient (Wildman–Crippen LogP) is 18.8. The summed E-state index contributed by atoms with van der Waals surface area (Å²) in [7, 11) is 0. The smallest absolute Gasteiger partial charge is 0.160 e. The molecule has 0 spiro atoms. The van der Waals surface area contributed by atoms with Crippen LogP contribution in [0.15, 0.2) is 264 Å². The topological polar surface area (TPSA) is 61.9 Å². The Morgan fingerprint density at radius 3 is 1.13 bits per heavy atom. The summed E-state index contributed by atoms with van der Waals surface area (Å²) in [6.07, 6.45) is 0. The Morgan fingerprint density at radius 2 is 0.618 bits per heavy atom. The molecule has 0 fully saturated rings. The van der Waals surface area contributed by atoms with Gasteiger partial charge in [-0.2, -0.15) is 0 Å². The number of rotatable bonds is 7. The van der Waals surface area contributed by atoms with Gasteiger partial charge in [0.15, 0.2) is 5.82 Å². The van der Waals surface area contributed by atoms with Crippen LogP contribution in [0.25, 0.3) is 155 Å². The molecule has 5 heterocycles. The lowest BCUT2D eigenvalue weighted by atomic mass is 10.0. The average Bonchev–Trinajstić information content (AvgIpc) is 4.33. The summed E-state index contributed by atoms with van der Waals surface area (Å²) in [4.78, 5) is 10.6. The number of hydrogen-bond donors (Lipinski definition) is 0. The van der Waals surface area contributed by atoms with Crippen LogP contribution in [0.3, 0.4) is 0 Å². The molecule has 0 atom stereocenters. The fourth-order valence-electron chi connectivity index (χ4n) is 11.7. The second-order valence-corrected chi connectivity index (χ2v) is 19.7. The summed E-state index contributed by atoms with van der Waals surface area (Å²) in [5.41, 5.74) is 19.2. The fraction of sp³-hybridized carbons (Fsp3) is 0. The van der Waals surface area contributed by atoms with Gasteiger partial charge in [0, 0.05) is 71.2 Å². The molecule has 6 nitrogen and oxygen atoms in total. The highest BCUT2D eigenvalue weighted by Gasteiger charge is 2.21. The first-order chi connectivity index (χ1) is 37.6. The Kier molecular flexibility index (Phi) is 9.23. The standard InChI is InChI=1S/C70H42N4O2/c1-3-15-43(16-4-1)60-42-61(72-70(71-60)44-17-5-2-6-18-44)49-35-50(73-62-23-11-7-19-52(62)56-37-45(27-31-64(56)73)47-29-33-68-58(39-47)54-21-9-13-25-66(54)75-68)41-51(36-49)74-63-24-12-8-20-53(63)57-38-46(28-32-65(57)74)48-30-34-69-59(40-48)55-22-10-14-26-67(55)76-69/h1-42H. The zero-order valence-corrected chi connectivity index (χ0v) is 40.9. The maximum Gasteiger partial charge on any atom is 0.160 e. The van der Waals surface area contributed by atoms with Crippen LogP contribution in [0.1, 0.15) is 0 Å². The summed E-state index contributed by atoms with van der Waals surface area (Å²) in [5, 5.41) is 9.15. The Morgan fingerprint density at radius 1 is 0.237 bits per heavy atom. The van der Waals surface area contributed by atoms with Gasteiger partial charge in [0.05, 0.1) is 33.5 Å². The van der Waals surface area contributed by atoms with Crippen molar-refractivity contribution < 1.29 is 8.83 Å². The van der Waals surface area contributed by atoms with E-state index in [9.17, 15) is 0 Å². The minimum atomic E-state index is 0.668. The van der Waals surface area contributed by atoms with Crippen molar-refractivity contribution in [1.82, 2.24) is 19.1 Å². The first kappa shape index (κ1) is 42.2. The van der Waals surface area contributed by atoms with Crippen LogP contribution in [-0.4, -0.2) is 19.1 Å². The normalized spacial score (nSPS) is 11.9. The number of hydrogen-bond acceptors (Lipinski definition) is 4. The first-order valence-electron chi connectivity index (χ1n) is 25.7. The van der Waals surface area contributed by atoms with Gasteiger partial charge in [-0.1, -0.05) is 158 Å². The van der Waals surface area contributed by atoms with Gasteiger partial charge in [-0.25, -0.2) is 9.97 Å². The van der Waals surface area contributed by atoms with Crippen molar-refractivity contribution in [3.05, 3.63) is 255 Å². The number of para-hydroxylation sites is 4. The van der Waals surface area contributed by atoms with Crippen LogP contribution < -0.4 is 0 Å². The summed E-state index contributed by atoms with van der Waals surface area (Å²) in [6.45, 7) is 0. The molecular weight excluding hydrogens is 929 g/mol. The molecule has 76 heavy (non-hydrogen) atoms. The van der Waals surface area contributed by atoms with Crippen LogP contribution in [0, 0.1) is 0 Å². The van der Waals surface area contributed by atoms with E-state index >= 15 is 0 Å². The molecule has 11 aromatic carbocycles. The molecule has 0 aliphatic carbocycles. The molecule has 0 radical (unpaired) electrons. The molecule has 0 N–H and O–H groups in total. The van der Waals surface area contributed by atoms with Crippen molar-refractivity contribution in [2.45, 2.75) is 0 Å². The van der Waals surface area contributed by atoms with Gasteiger partial charge in [0.2, 0.25) is 0 Å². The van der Waals surface area contributed by atoms with E-state index in [-0.39, 0.29) is 0 Å². The van der Waals surface area contributed by atoms with Crippen molar-refractivity contribution in [3.8, 4) is 67.5 Å². The van der Waals surface area contributed by atoms with E-state index in [1.165, 1.54) is 21.5 Å². The van der Waals surface area contributed by atoms with Gasteiger partial charge in [-0.3, -0.25) is 0 Å². The highest BCUT2D eigenvalue weighted by Crippen LogP contribution is 2.42. The van der Waals surface area contributed by atoms with Crippen molar-refractivity contribution in [2.75, 3.05) is 0 Å². The minimum Gasteiger partial charge on any atom is -0.456 e. The number of aromatic nitrogens is 4. The highest BCUT2D eigenvalue weighted by molar-refractivity contribution is 6.13. The second kappa shape index (κ2) is 16.6. The molecule has 16 rings (SSSR count). The largest absolute Gasteiger partial charge is 0.456 e. The lowest BCUT2D eigenvalue weighted by Gasteiger charge is -2.16. The number of benzene rings is 11. The number of furan rings is 2. The summed E-state index contributed by atoms with van der Waals surface area (Å²) in [6, 6.07) is 90.7. The molecule has 0 unspecified atom stereocenters. The van der Waals surface area contributed by atoms with Gasteiger partial charge < -0.3 is 18.0 Å². The Bertz CT molecular complexity index is 4690.